The average Bonchev–Trinajstić information content (AvgIpc) is 3.20. The number of benzene rings is 2. The normalized spacial score (nSPS) is 17.8. The van der Waals surface area contributed by atoms with Crippen molar-refractivity contribution < 1.29 is 24.1 Å². The van der Waals surface area contributed by atoms with E-state index in [1.54, 1.807) is 12.3 Å². The third-order valence-corrected chi connectivity index (χ3v) is 7.90. The molecule has 0 radical (unpaired) electrons. The zero-order chi connectivity index (χ0) is 30.3. The number of carbonyl (C=O) groups excluding carboxylic acids is 4. The number of para-hydroxylation sites is 1. The third kappa shape index (κ3) is 7.45. The second kappa shape index (κ2) is 13.6. The first-order chi connectivity index (χ1) is 20.8. The largest absolute Gasteiger partial charge is 0.345 e. The lowest BCUT2D eigenvalue weighted by Gasteiger charge is -2.21. The zero-order valence-corrected chi connectivity index (χ0v) is 24.6. The van der Waals surface area contributed by atoms with Crippen LogP contribution in [0.5, 0.6) is 0 Å². The minimum atomic E-state index is -0.957. The van der Waals surface area contributed by atoms with E-state index >= 15 is 0 Å². The van der Waals surface area contributed by atoms with Gasteiger partial charge in [0.1, 0.15) is 18.2 Å². The van der Waals surface area contributed by atoms with Crippen LogP contribution in [0.3, 0.4) is 0 Å². The minimum absolute atomic E-state index is 0.00125. The predicted octanol–water partition coefficient (Wildman–Crippen LogP) is 3.64. The molecule has 0 aliphatic carbocycles. The summed E-state index contributed by atoms with van der Waals surface area (Å²) in [6, 6.07) is 23.7. The standard InChI is InChI=1S/C35H36N4O4/c1-23(2)19-27(34(42)31-16-15-25-10-3-4-13-29(25)37-31)35(43)38-30-14-8-18-39(22-32(30)40)33(41)21-24-9-7-11-26(20-24)28-12-5-6-17-36-28/h3-7,9-13,15-17,20,23,27,30H,8,14,18-19,21-22H2,1-2H3,(H,38,43)/p+1. The molecule has 1 aliphatic heterocycles. The fraction of sp³-hybridized carbons (Fsp3) is 0.314. The molecule has 1 aliphatic rings. The van der Waals surface area contributed by atoms with Gasteiger partial charge in [0.2, 0.25) is 11.7 Å². The van der Waals surface area contributed by atoms with Gasteiger partial charge in [0.25, 0.3) is 0 Å². The second-order valence-electron chi connectivity index (χ2n) is 11.7. The van der Waals surface area contributed by atoms with Gasteiger partial charge in [-0.2, -0.15) is 0 Å². The fourth-order valence-corrected chi connectivity index (χ4v) is 5.64. The number of nitrogens with zero attached hydrogens (tertiary/aromatic N) is 2. The van der Waals surface area contributed by atoms with Gasteiger partial charge >= 0.3 is 5.91 Å². The number of hydrogen-bond acceptors (Lipinski definition) is 6. The number of carbonyl (C=O) groups is 4. The predicted molar refractivity (Wildman–Crippen MR) is 164 cm³/mol. The van der Waals surface area contributed by atoms with Crippen LogP contribution in [0.4, 0.5) is 0 Å². The van der Waals surface area contributed by atoms with E-state index in [-0.39, 0.29) is 42.1 Å². The van der Waals surface area contributed by atoms with Crippen LogP contribution in [0.1, 0.15) is 49.2 Å². The van der Waals surface area contributed by atoms with E-state index in [4.69, 9.17) is 0 Å². The van der Waals surface area contributed by atoms with Crippen molar-refractivity contribution in [2.45, 2.75) is 45.6 Å². The Morgan fingerprint density at radius 1 is 0.977 bits per heavy atom. The Morgan fingerprint density at radius 2 is 1.79 bits per heavy atom. The topological polar surface area (TPSA) is 111 Å². The Balaban J connectivity index is 1.24. The third-order valence-electron chi connectivity index (χ3n) is 7.90. The molecule has 2 aromatic heterocycles. The van der Waals surface area contributed by atoms with Crippen molar-refractivity contribution in [3.63, 3.8) is 0 Å². The van der Waals surface area contributed by atoms with Gasteiger partial charge in [0.05, 0.1) is 30.2 Å². The molecule has 220 valence electrons. The maximum absolute atomic E-state index is 13.5. The van der Waals surface area contributed by atoms with E-state index in [2.05, 4.69) is 15.3 Å². The van der Waals surface area contributed by atoms with Crippen LogP contribution >= 0.6 is 0 Å². The van der Waals surface area contributed by atoms with Crippen LogP contribution in [-0.4, -0.2) is 52.5 Å². The molecule has 2 aromatic carbocycles. The van der Waals surface area contributed by atoms with Gasteiger partial charge in [-0.15, -0.1) is 0 Å². The average molecular weight is 578 g/mol. The molecule has 1 fully saturated rings. The lowest BCUT2D eigenvalue weighted by molar-refractivity contribution is -0.811. The van der Waals surface area contributed by atoms with Crippen molar-refractivity contribution in [3.8, 4) is 11.3 Å². The Kier molecular flexibility index (Phi) is 9.47. The number of ketones is 2. The molecule has 0 bridgehead atoms. The SMILES string of the molecule is CC(C)CC(C(=O)NC1CCC[NH+](C(=O)Cc2cccc(-c3ccccn3)c2)CC1=O)C(=O)c1ccc2ccccc2n1. The smallest absolute Gasteiger partial charge is 0.316 e. The lowest BCUT2D eigenvalue weighted by atomic mass is 9.90. The van der Waals surface area contributed by atoms with Crippen molar-refractivity contribution in [1.82, 2.24) is 15.3 Å². The number of nitrogens with one attached hydrogen (secondary N) is 2. The Bertz CT molecular complexity index is 1640. The number of amides is 2. The van der Waals surface area contributed by atoms with Crippen molar-refractivity contribution >= 4 is 34.3 Å². The zero-order valence-electron chi connectivity index (χ0n) is 24.6. The summed E-state index contributed by atoms with van der Waals surface area (Å²) in [5.41, 5.74) is 3.55. The molecule has 3 atom stereocenters. The Morgan fingerprint density at radius 3 is 2.58 bits per heavy atom. The van der Waals surface area contributed by atoms with E-state index in [1.807, 2.05) is 86.6 Å². The number of aromatic nitrogens is 2. The van der Waals surface area contributed by atoms with Gasteiger partial charge in [-0.3, -0.25) is 24.3 Å². The van der Waals surface area contributed by atoms with Crippen LogP contribution in [0.25, 0.3) is 22.2 Å². The highest BCUT2D eigenvalue weighted by molar-refractivity contribution is 6.10. The highest BCUT2D eigenvalue weighted by Gasteiger charge is 2.36. The summed E-state index contributed by atoms with van der Waals surface area (Å²) in [6.45, 7) is 4.42. The quantitative estimate of drug-likeness (QED) is 0.232. The molecule has 4 aromatic rings. The van der Waals surface area contributed by atoms with Crippen LogP contribution < -0.4 is 10.2 Å². The highest BCUT2D eigenvalue weighted by atomic mass is 16.2. The maximum Gasteiger partial charge on any atom is 0.316 e. The molecule has 2 amide bonds. The fourth-order valence-electron chi connectivity index (χ4n) is 5.64. The van der Waals surface area contributed by atoms with Crippen LogP contribution in [0.15, 0.2) is 85.1 Å². The summed E-state index contributed by atoms with van der Waals surface area (Å²) >= 11 is 0. The highest BCUT2D eigenvalue weighted by Crippen LogP contribution is 2.21. The molecule has 43 heavy (non-hydrogen) atoms. The van der Waals surface area contributed by atoms with Crippen molar-refractivity contribution in [1.29, 1.82) is 0 Å². The maximum atomic E-state index is 13.5. The van der Waals surface area contributed by atoms with Crippen LogP contribution in [0.2, 0.25) is 0 Å². The van der Waals surface area contributed by atoms with Gasteiger partial charge in [-0.25, -0.2) is 9.78 Å². The van der Waals surface area contributed by atoms with E-state index < -0.39 is 17.9 Å². The molecule has 2 N–H and O–H groups in total. The van der Waals surface area contributed by atoms with Gasteiger partial charge in [0, 0.05) is 17.1 Å². The summed E-state index contributed by atoms with van der Waals surface area (Å²) in [5, 5.41) is 3.78. The van der Waals surface area contributed by atoms with E-state index in [1.165, 1.54) is 0 Å². The van der Waals surface area contributed by atoms with Crippen LogP contribution in [0, 0.1) is 11.8 Å². The molecule has 8 nitrogen and oxygen atoms in total. The first-order valence-electron chi connectivity index (χ1n) is 14.9. The summed E-state index contributed by atoms with van der Waals surface area (Å²) in [4.78, 5) is 63.1. The molecule has 8 heteroatoms. The number of likely N-dealkylation sites (tertiary alicyclic amines) is 1. The van der Waals surface area contributed by atoms with Gasteiger partial charge in [0.15, 0.2) is 5.78 Å². The number of pyridine rings is 2. The summed E-state index contributed by atoms with van der Waals surface area (Å²) < 4.78 is 0. The monoisotopic (exact) mass is 577 g/mol. The van der Waals surface area contributed by atoms with Crippen LogP contribution in [-0.2, 0) is 20.8 Å². The molecule has 0 saturated carbocycles. The van der Waals surface area contributed by atoms with E-state index in [0.717, 1.165) is 22.2 Å². The number of fused-ring (bicyclic) bond motifs is 1. The summed E-state index contributed by atoms with van der Waals surface area (Å²) in [6.07, 6.45) is 3.29. The van der Waals surface area contributed by atoms with E-state index in [9.17, 15) is 19.2 Å². The lowest BCUT2D eigenvalue weighted by Crippen LogP contribution is -3.15. The molecule has 5 rings (SSSR count). The number of quaternary nitrogens is 1. The number of rotatable bonds is 9. The second-order valence-corrected chi connectivity index (χ2v) is 11.7. The molecule has 3 unspecified atom stereocenters. The van der Waals surface area contributed by atoms with Crippen molar-refractivity contribution in [2.75, 3.05) is 13.1 Å². The summed E-state index contributed by atoms with van der Waals surface area (Å²) in [5.74, 6) is -1.95. The minimum Gasteiger partial charge on any atom is -0.345 e. The van der Waals surface area contributed by atoms with Gasteiger partial charge in [-0.05, 0) is 61.1 Å². The molecular formula is C35H37N4O4+. The van der Waals surface area contributed by atoms with Gasteiger partial charge in [-0.1, -0.05) is 62.4 Å². The van der Waals surface area contributed by atoms with Gasteiger partial charge < -0.3 is 5.32 Å². The van der Waals surface area contributed by atoms with Crippen molar-refractivity contribution in [2.24, 2.45) is 11.8 Å². The molecule has 0 spiro atoms. The molecular weight excluding hydrogens is 540 g/mol. The Hall–Kier alpha value is -4.56. The summed E-state index contributed by atoms with van der Waals surface area (Å²) in [7, 11) is 0. The Labute approximate surface area is 251 Å². The number of hydrogen-bond donors (Lipinski definition) is 2. The van der Waals surface area contributed by atoms with Crippen molar-refractivity contribution in [3.05, 3.63) is 96.3 Å². The molecule has 1 saturated heterocycles. The van der Waals surface area contributed by atoms with E-state index in [0.29, 0.717) is 36.2 Å². The first-order valence-corrected chi connectivity index (χ1v) is 14.9. The number of Topliss-reactive ketones (excluding diaryl/α,β-unsaturated/α-hetero) is 2. The first kappa shape index (κ1) is 29.9. The molecule has 3 heterocycles.